The van der Waals surface area contributed by atoms with Gasteiger partial charge in [-0.15, -0.1) is 0 Å². The maximum atomic E-state index is 13.3. The lowest BCUT2D eigenvalue weighted by Gasteiger charge is -2.46. The highest BCUT2D eigenvalue weighted by Gasteiger charge is 2.47. The molecule has 1 aliphatic carbocycles. The minimum atomic E-state index is -0.512. The number of imide groups is 1. The van der Waals surface area contributed by atoms with E-state index in [4.69, 9.17) is 9.26 Å². The van der Waals surface area contributed by atoms with Crippen LogP contribution in [0, 0.1) is 12.8 Å². The van der Waals surface area contributed by atoms with Crippen molar-refractivity contribution in [3.05, 3.63) is 36.0 Å². The van der Waals surface area contributed by atoms with Gasteiger partial charge in [-0.2, -0.15) is 4.98 Å². The number of aryl methyl sites for hydroxylation is 1. The molecule has 2 fully saturated rings. The molecule has 2 aliphatic rings. The molecule has 1 aliphatic heterocycles. The van der Waals surface area contributed by atoms with Crippen molar-refractivity contribution in [2.45, 2.75) is 52.1 Å². The molecule has 1 saturated heterocycles. The average molecular weight is 441 g/mol. The maximum Gasteiger partial charge on any atom is 0.327 e. The van der Waals surface area contributed by atoms with Gasteiger partial charge in [-0.25, -0.2) is 4.79 Å². The maximum absolute atomic E-state index is 13.3. The highest BCUT2D eigenvalue weighted by atomic mass is 16.5. The summed E-state index contributed by atoms with van der Waals surface area (Å²) >= 11 is 0. The molecule has 1 aromatic carbocycles. The summed E-state index contributed by atoms with van der Waals surface area (Å²) < 4.78 is 10.7. The monoisotopic (exact) mass is 441 g/mol. The fourth-order valence-corrected chi connectivity index (χ4v) is 4.43. The Labute approximate surface area is 185 Å². The van der Waals surface area contributed by atoms with E-state index in [0.717, 1.165) is 17.7 Å². The summed E-state index contributed by atoms with van der Waals surface area (Å²) in [5.74, 6) is 0.248. The number of nitrogens with zero attached hydrogens (tertiary/aromatic N) is 4. The molecular weight excluding hydrogens is 414 g/mol. The lowest BCUT2D eigenvalue weighted by molar-refractivity contribution is -0.142. The van der Waals surface area contributed by atoms with Crippen LogP contribution in [0.3, 0.4) is 0 Å². The van der Waals surface area contributed by atoms with Gasteiger partial charge in [0.15, 0.2) is 5.82 Å². The van der Waals surface area contributed by atoms with Crippen LogP contribution in [0.15, 0.2) is 28.8 Å². The molecule has 10 nitrogen and oxygen atoms in total. The number of benzene rings is 1. The first-order chi connectivity index (χ1) is 15.5. The minimum Gasteiger partial charge on any atom is -0.492 e. The van der Waals surface area contributed by atoms with Gasteiger partial charge < -0.3 is 19.5 Å². The molecule has 2 atom stereocenters. The molecule has 10 heteroatoms. The summed E-state index contributed by atoms with van der Waals surface area (Å²) in [6.07, 6.45) is 3.20. The van der Waals surface area contributed by atoms with Crippen LogP contribution < -0.4 is 10.1 Å². The van der Waals surface area contributed by atoms with E-state index in [1.807, 2.05) is 13.0 Å². The van der Waals surface area contributed by atoms with Crippen LogP contribution in [0.25, 0.3) is 0 Å². The Hall–Kier alpha value is -3.43. The van der Waals surface area contributed by atoms with E-state index in [9.17, 15) is 14.4 Å². The van der Waals surface area contributed by atoms with Gasteiger partial charge in [0.05, 0.1) is 18.2 Å². The van der Waals surface area contributed by atoms with Crippen LogP contribution in [0.2, 0.25) is 0 Å². The number of carbonyl (C=O) groups is 3. The second-order valence-corrected chi connectivity index (χ2v) is 8.01. The number of hydrogen-bond acceptors (Lipinski definition) is 7. The van der Waals surface area contributed by atoms with Crippen molar-refractivity contribution >= 4 is 23.5 Å². The summed E-state index contributed by atoms with van der Waals surface area (Å²) in [6.45, 7) is 3.74. The van der Waals surface area contributed by atoms with Crippen molar-refractivity contribution in [1.82, 2.24) is 19.9 Å². The third kappa shape index (κ3) is 4.44. The number of para-hydroxylation sites is 2. The van der Waals surface area contributed by atoms with Crippen LogP contribution in [0.1, 0.15) is 44.3 Å². The van der Waals surface area contributed by atoms with Crippen molar-refractivity contribution in [1.29, 1.82) is 0 Å². The van der Waals surface area contributed by atoms with Gasteiger partial charge in [-0.1, -0.05) is 30.1 Å². The lowest BCUT2D eigenvalue weighted by Crippen LogP contribution is -2.63. The smallest absolute Gasteiger partial charge is 0.327 e. The molecule has 170 valence electrons. The summed E-state index contributed by atoms with van der Waals surface area (Å²) in [4.78, 5) is 46.0. The molecule has 0 bridgehead atoms. The van der Waals surface area contributed by atoms with E-state index in [2.05, 4.69) is 15.5 Å². The van der Waals surface area contributed by atoms with E-state index in [1.165, 1.54) is 4.90 Å². The topological polar surface area (TPSA) is 118 Å². The number of ether oxygens (including phenoxy) is 1. The zero-order valence-electron chi connectivity index (χ0n) is 18.2. The Morgan fingerprint density at radius 3 is 2.78 bits per heavy atom. The predicted molar refractivity (Wildman–Crippen MR) is 114 cm³/mol. The van der Waals surface area contributed by atoms with Crippen LogP contribution in [-0.4, -0.2) is 57.0 Å². The number of urea groups is 1. The van der Waals surface area contributed by atoms with Crippen LogP contribution in [0.5, 0.6) is 5.75 Å². The van der Waals surface area contributed by atoms with E-state index < -0.39 is 6.03 Å². The molecule has 2 aromatic rings. The lowest BCUT2D eigenvalue weighted by atomic mass is 9.81. The number of carbonyl (C=O) groups excluding carboxylic acids is 3. The molecule has 2 heterocycles. The summed E-state index contributed by atoms with van der Waals surface area (Å²) in [5, 5.41) is 6.56. The zero-order chi connectivity index (χ0) is 22.7. The van der Waals surface area contributed by atoms with E-state index >= 15 is 0 Å². The van der Waals surface area contributed by atoms with Gasteiger partial charge in [0.25, 0.3) is 0 Å². The van der Waals surface area contributed by atoms with Gasteiger partial charge in [-0.05, 0) is 38.8 Å². The number of nitrogens with one attached hydrogen (secondary N) is 1. The van der Waals surface area contributed by atoms with Crippen molar-refractivity contribution < 1.29 is 23.6 Å². The number of rotatable bonds is 7. The summed E-state index contributed by atoms with van der Waals surface area (Å²) in [6, 6.07) is 6.34. The summed E-state index contributed by atoms with van der Waals surface area (Å²) in [5.41, 5.74) is 0.540. The average Bonchev–Trinajstić information content (AvgIpc) is 3.20. The van der Waals surface area contributed by atoms with Gasteiger partial charge in [0.1, 0.15) is 18.8 Å². The number of anilines is 1. The normalized spacial score (nSPS) is 20.8. The molecule has 2 unspecified atom stereocenters. The Kier molecular flexibility index (Phi) is 6.38. The number of aromatic nitrogens is 2. The van der Waals surface area contributed by atoms with Crippen molar-refractivity contribution in [2.75, 3.05) is 18.5 Å². The van der Waals surface area contributed by atoms with Crippen molar-refractivity contribution in [2.24, 2.45) is 5.92 Å². The number of amides is 4. The van der Waals surface area contributed by atoms with Crippen LogP contribution >= 0.6 is 0 Å². The molecule has 1 saturated carbocycles. The minimum absolute atomic E-state index is 0.104. The standard InChI is InChI=1S/C22H27N5O5/c1-3-31-18-11-7-5-9-16(18)24-19(28)12-26-17-10-6-4-8-15(17)21(29)27(22(26)30)13-20-23-14(2)25-32-20/h5,7,9,11,15,17H,3-4,6,8,10,12-13H2,1-2H3,(H,24,28). The third-order valence-electron chi connectivity index (χ3n) is 5.83. The molecule has 0 radical (unpaired) electrons. The predicted octanol–water partition coefficient (Wildman–Crippen LogP) is 2.74. The largest absolute Gasteiger partial charge is 0.492 e. The highest BCUT2D eigenvalue weighted by molar-refractivity contribution is 6.01. The summed E-state index contributed by atoms with van der Waals surface area (Å²) in [7, 11) is 0. The molecule has 4 amide bonds. The first kappa shape index (κ1) is 21.8. The first-order valence-corrected chi connectivity index (χ1v) is 10.9. The van der Waals surface area contributed by atoms with E-state index in [1.54, 1.807) is 25.1 Å². The Morgan fingerprint density at radius 2 is 2.03 bits per heavy atom. The van der Waals surface area contributed by atoms with Gasteiger partial charge in [0.2, 0.25) is 17.7 Å². The SMILES string of the molecule is CCOc1ccccc1NC(=O)CN1C(=O)N(Cc2nc(C)no2)C(=O)C2CCCCC21. The zero-order valence-corrected chi connectivity index (χ0v) is 18.2. The molecule has 4 rings (SSSR count). The molecule has 1 aromatic heterocycles. The second-order valence-electron chi connectivity index (χ2n) is 8.01. The van der Waals surface area contributed by atoms with E-state index in [0.29, 0.717) is 36.7 Å². The van der Waals surface area contributed by atoms with Gasteiger partial charge in [-0.3, -0.25) is 14.5 Å². The van der Waals surface area contributed by atoms with Crippen LogP contribution in [-0.2, 0) is 16.1 Å². The van der Waals surface area contributed by atoms with Crippen LogP contribution in [0.4, 0.5) is 10.5 Å². The second kappa shape index (κ2) is 9.37. The molecular formula is C22H27N5O5. The van der Waals surface area contributed by atoms with Gasteiger partial charge >= 0.3 is 6.03 Å². The van der Waals surface area contributed by atoms with Crippen molar-refractivity contribution in [3.63, 3.8) is 0 Å². The quantitative estimate of drug-likeness (QED) is 0.702. The highest BCUT2D eigenvalue weighted by Crippen LogP contribution is 2.35. The third-order valence-corrected chi connectivity index (χ3v) is 5.83. The Morgan fingerprint density at radius 1 is 1.25 bits per heavy atom. The number of hydrogen-bond donors (Lipinski definition) is 1. The number of fused-ring (bicyclic) bond motifs is 1. The van der Waals surface area contributed by atoms with Crippen molar-refractivity contribution in [3.8, 4) is 5.75 Å². The van der Waals surface area contributed by atoms with Gasteiger partial charge in [0, 0.05) is 6.04 Å². The molecule has 0 spiro atoms. The molecule has 32 heavy (non-hydrogen) atoms. The fraction of sp³-hybridized carbons (Fsp3) is 0.500. The Balaban J connectivity index is 1.53. The Bertz CT molecular complexity index is 1010. The fourth-order valence-electron chi connectivity index (χ4n) is 4.43. The first-order valence-electron chi connectivity index (χ1n) is 10.9. The molecule has 1 N–H and O–H groups in total. The van der Waals surface area contributed by atoms with E-state index in [-0.39, 0.29) is 42.8 Å².